The molecule has 76 valence electrons. The van der Waals surface area contributed by atoms with Gasteiger partial charge in [-0.2, -0.15) is 0 Å². The summed E-state index contributed by atoms with van der Waals surface area (Å²) >= 11 is 0. The number of hydrogen-bond donors (Lipinski definition) is 3. The number of hydrogen-bond acceptors (Lipinski definition) is 4. The Morgan fingerprint density at radius 1 is 1.38 bits per heavy atom. The zero-order valence-electron chi connectivity index (χ0n) is 7.70. The van der Waals surface area contributed by atoms with Crippen molar-refractivity contribution in [2.24, 2.45) is 16.6 Å². The van der Waals surface area contributed by atoms with Crippen molar-refractivity contribution in [2.45, 2.75) is 0 Å². The molecule has 1 fully saturated rings. The lowest BCUT2D eigenvalue weighted by Gasteiger charge is -2.26. The Morgan fingerprint density at radius 2 is 2.08 bits per heavy atom. The van der Waals surface area contributed by atoms with Crippen LogP contribution in [0.5, 0.6) is 0 Å². The summed E-state index contributed by atoms with van der Waals surface area (Å²) in [5.74, 6) is 0.0713. The van der Waals surface area contributed by atoms with E-state index in [0.29, 0.717) is 0 Å². The normalized spacial score (nSPS) is 18.2. The van der Waals surface area contributed by atoms with Crippen LogP contribution in [0.15, 0.2) is 5.10 Å². The third-order valence-corrected chi connectivity index (χ3v) is 1.85. The Hall–Kier alpha value is -1.01. The number of nitrogens with zero attached hydrogens (tertiary/aromatic N) is 2. The van der Waals surface area contributed by atoms with Crippen LogP contribution in [-0.2, 0) is 4.74 Å². The van der Waals surface area contributed by atoms with Crippen LogP contribution in [0.2, 0.25) is 0 Å². The first kappa shape index (κ1) is 10.1. The Kier molecular flexibility index (Phi) is 4.34. The Labute approximate surface area is 77.9 Å². The summed E-state index contributed by atoms with van der Waals surface area (Å²) in [6.07, 6.45) is 0. The van der Waals surface area contributed by atoms with Gasteiger partial charge in [0, 0.05) is 26.2 Å². The van der Waals surface area contributed by atoms with Crippen molar-refractivity contribution in [2.75, 3.05) is 39.4 Å². The summed E-state index contributed by atoms with van der Waals surface area (Å²) < 4.78 is 5.21. The van der Waals surface area contributed by atoms with Gasteiger partial charge in [-0.1, -0.05) is 0 Å². The molecule has 0 aromatic rings. The highest BCUT2D eigenvalue weighted by molar-refractivity contribution is 5.75. The predicted molar refractivity (Wildman–Crippen MR) is 51.1 cm³/mol. The highest BCUT2D eigenvalue weighted by atomic mass is 16.5. The van der Waals surface area contributed by atoms with Gasteiger partial charge in [-0.05, 0) is 0 Å². The van der Waals surface area contributed by atoms with Gasteiger partial charge in [0.05, 0.1) is 13.2 Å². The number of morpholine rings is 1. The lowest BCUT2D eigenvalue weighted by Crippen LogP contribution is -2.40. The fourth-order valence-electron chi connectivity index (χ4n) is 1.18. The smallest absolute Gasteiger partial charge is 0.208 e. The van der Waals surface area contributed by atoms with Gasteiger partial charge in [0.2, 0.25) is 5.96 Å². The van der Waals surface area contributed by atoms with Crippen molar-refractivity contribution in [3.8, 4) is 0 Å². The number of rotatable bonds is 4. The summed E-state index contributed by atoms with van der Waals surface area (Å²) in [6.45, 7) is 5.33. The summed E-state index contributed by atoms with van der Waals surface area (Å²) in [4.78, 5) is 2.30. The van der Waals surface area contributed by atoms with E-state index in [-0.39, 0.29) is 5.96 Å². The van der Waals surface area contributed by atoms with Crippen LogP contribution < -0.4 is 16.9 Å². The maximum absolute atomic E-state index is 5.21. The third kappa shape index (κ3) is 4.54. The molecular weight excluding hydrogens is 170 g/mol. The van der Waals surface area contributed by atoms with Gasteiger partial charge in [-0.3, -0.25) is 4.90 Å². The van der Waals surface area contributed by atoms with Crippen molar-refractivity contribution in [1.82, 2.24) is 10.3 Å². The van der Waals surface area contributed by atoms with E-state index >= 15 is 0 Å². The molecule has 0 atom stereocenters. The molecule has 6 heteroatoms. The molecule has 0 spiro atoms. The standard InChI is InChI=1S/C7H17N5O/c8-7(9)11-10-1-2-12-3-5-13-6-4-12/h10H,1-6H2,(H4,8,9,11). The topological polar surface area (TPSA) is 88.9 Å². The molecule has 0 aromatic carbocycles. The zero-order valence-corrected chi connectivity index (χ0v) is 7.70. The lowest BCUT2D eigenvalue weighted by atomic mass is 10.4. The van der Waals surface area contributed by atoms with E-state index in [9.17, 15) is 0 Å². The van der Waals surface area contributed by atoms with Crippen molar-refractivity contribution in [1.29, 1.82) is 0 Å². The molecule has 1 aliphatic heterocycles. The van der Waals surface area contributed by atoms with Crippen LogP contribution >= 0.6 is 0 Å². The molecule has 5 N–H and O–H groups in total. The first-order valence-corrected chi connectivity index (χ1v) is 4.40. The summed E-state index contributed by atoms with van der Waals surface area (Å²) in [6, 6.07) is 0. The van der Waals surface area contributed by atoms with Gasteiger partial charge in [-0.15, -0.1) is 5.10 Å². The maximum atomic E-state index is 5.21. The van der Waals surface area contributed by atoms with Crippen LogP contribution in [-0.4, -0.2) is 50.3 Å². The summed E-state index contributed by atoms with van der Waals surface area (Å²) in [7, 11) is 0. The molecular formula is C7H17N5O. The number of guanidine groups is 1. The predicted octanol–water partition coefficient (Wildman–Crippen LogP) is -1.90. The maximum Gasteiger partial charge on any atom is 0.208 e. The van der Waals surface area contributed by atoms with Crippen LogP contribution in [0.3, 0.4) is 0 Å². The number of nitrogens with one attached hydrogen (secondary N) is 1. The summed E-state index contributed by atoms with van der Waals surface area (Å²) in [5.41, 5.74) is 13.1. The fraction of sp³-hybridized carbons (Fsp3) is 0.857. The first-order chi connectivity index (χ1) is 6.29. The Bertz CT molecular complexity index is 162. The van der Waals surface area contributed by atoms with E-state index in [1.165, 1.54) is 0 Å². The summed E-state index contributed by atoms with van der Waals surface area (Å²) in [5, 5.41) is 3.67. The molecule has 6 nitrogen and oxygen atoms in total. The minimum atomic E-state index is 0.0713. The first-order valence-electron chi connectivity index (χ1n) is 4.40. The van der Waals surface area contributed by atoms with Gasteiger partial charge >= 0.3 is 0 Å². The quantitative estimate of drug-likeness (QED) is 0.207. The molecule has 0 aliphatic carbocycles. The van der Waals surface area contributed by atoms with Gasteiger partial charge in [-0.25, -0.2) is 0 Å². The van der Waals surface area contributed by atoms with Crippen molar-refractivity contribution in [3.63, 3.8) is 0 Å². The fourth-order valence-corrected chi connectivity index (χ4v) is 1.18. The second-order valence-electron chi connectivity index (χ2n) is 2.90. The van der Waals surface area contributed by atoms with Crippen molar-refractivity contribution >= 4 is 5.96 Å². The van der Waals surface area contributed by atoms with Crippen molar-refractivity contribution in [3.05, 3.63) is 0 Å². The van der Waals surface area contributed by atoms with E-state index in [4.69, 9.17) is 16.2 Å². The van der Waals surface area contributed by atoms with Crippen LogP contribution in [0.4, 0.5) is 0 Å². The van der Waals surface area contributed by atoms with Gasteiger partial charge in [0.1, 0.15) is 0 Å². The molecule has 0 radical (unpaired) electrons. The molecule has 0 saturated carbocycles. The minimum Gasteiger partial charge on any atom is -0.379 e. The average Bonchev–Trinajstić information content (AvgIpc) is 2.14. The van der Waals surface area contributed by atoms with Gasteiger partial charge in [0.15, 0.2) is 0 Å². The number of nitrogens with two attached hydrogens (primary N) is 2. The second kappa shape index (κ2) is 5.60. The monoisotopic (exact) mass is 187 g/mol. The molecule has 0 amide bonds. The van der Waals surface area contributed by atoms with Gasteiger partial charge in [0.25, 0.3) is 0 Å². The molecule has 1 saturated heterocycles. The van der Waals surface area contributed by atoms with Crippen LogP contribution in [0, 0.1) is 0 Å². The highest BCUT2D eigenvalue weighted by Gasteiger charge is 2.08. The average molecular weight is 187 g/mol. The Balaban J connectivity index is 2.01. The van der Waals surface area contributed by atoms with E-state index < -0.39 is 0 Å². The van der Waals surface area contributed by atoms with E-state index in [2.05, 4.69) is 15.4 Å². The van der Waals surface area contributed by atoms with E-state index in [1.807, 2.05) is 0 Å². The molecule has 1 heterocycles. The molecule has 0 unspecified atom stereocenters. The number of ether oxygens (including phenoxy) is 1. The molecule has 0 bridgehead atoms. The van der Waals surface area contributed by atoms with E-state index in [1.54, 1.807) is 0 Å². The van der Waals surface area contributed by atoms with Crippen molar-refractivity contribution < 1.29 is 4.74 Å². The lowest BCUT2D eigenvalue weighted by molar-refractivity contribution is 0.0385. The minimum absolute atomic E-state index is 0.0713. The molecule has 1 rings (SSSR count). The zero-order chi connectivity index (χ0) is 9.52. The number of hydrazone groups is 1. The third-order valence-electron chi connectivity index (χ3n) is 1.85. The molecule has 1 aliphatic rings. The van der Waals surface area contributed by atoms with Crippen LogP contribution in [0.1, 0.15) is 0 Å². The largest absolute Gasteiger partial charge is 0.379 e. The molecule has 0 aromatic heterocycles. The molecule has 13 heavy (non-hydrogen) atoms. The van der Waals surface area contributed by atoms with E-state index in [0.717, 1.165) is 39.4 Å². The SMILES string of the molecule is NC(N)=NNCCN1CCOCC1. The van der Waals surface area contributed by atoms with Gasteiger partial charge < -0.3 is 21.6 Å². The highest BCUT2D eigenvalue weighted by Crippen LogP contribution is 1.94. The van der Waals surface area contributed by atoms with Crippen LogP contribution in [0.25, 0.3) is 0 Å². The Morgan fingerprint density at radius 3 is 2.69 bits per heavy atom. The second-order valence-corrected chi connectivity index (χ2v) is 2.90.